The van der Waals surface area contributed by atoms with Crippen LogP contribution in [0.15, 0.2) is 48.5 Å². The number of carboxylic acid groups (broad SMARTS) is 1. The number of imidazole rings is 1. The van der Waals surface area contributed by atoms with Gasteiger partial charge in [-0.25, -0.2) is 13.8 Å². The molecule has 0 unspecified atom stereocenters. The van der Waals surface area contributed by atoms with Crippen LogP contribution in [0.25, 0.3) is 16.7 Å². The number of benzene rings is 3. The van der Waals surface area contributed by atoms with Crippen LogP contribution in [0.3, 0.4) is 0 Å². The number of ether oxygens (including phenoxy) is 1. The van der Waals surface area contributed by atoms with Gasteiger partial charge in [-0.05, 0) is 60.7 Å². The number of fused-ring (bicyclic) bond motifs is 2. The Morgan fingerprint density at radius 1 is 1.17 bits per heavy atom. The van der Waals surface area contributed by atoms with Crippen LogP contribution in [-0.4, -0.2) is 27.2 Å². The molecule has 0 fully saturated rings. The molecule has 5 rings (SSSR count). The largest absolute Gasteiger partial charge is 0.493 e. The lowest BCUT2D eigenvalue weighted by atomic mass is 9.94. The zero-order chi connectivity index (χ0) is 24.7. The van der Waals surface area contributed by atoms with Crippen molar-refractivity contribution in [2.24, 2.45) is 0 Å². The minimum Gasteiger partial charge on any atom is -0.493 e. The number of hydrogen-bond acceptors (Lipinski definition) is 3. The number of aliphatic carboxylic acids is 1. The second kappa shape index (κ2) is 9.13. The maximum atomic E-state index is 14.8. The van der Waals surface area contributed by atoms with Crippen molar-refractivity contribution in [3.63, 3.8) is 0 Å². The van der Waals surface area contributed by atoms with Gasteiger partial charge in [0.1, 0.15) is 17.1 Å². The van der Waals surface area contributed by atoms with E-state index in [1.54, 1.807) is 4.57 Å². The van der Waals surface area contributed by atoms with Gasteiger partial charge in [-0.3, -0.25) is 9.36 Å². The molecular weight excluding hydrogens is 450 g/mol. The van der Waals surface area contributed by atoms with E-state index in [1.165, 1.54) is 6.07 Å². The molecule has 1 aliphatic rings. The third-order valence-corrected chi connectivity index (χ3v) is 6.82. The Balaban J connectivity index is 1.44. The molecule has 7 heteroatoms. The Kier molecular flexibility index (Phi) is 6.01. The molecule has 0 saturated heterocycles. The van der Waals surface area contributed by atoms with E-state index in [0.717, 1.165) is 52.6 Å². The first kappa shape index (κ1) is 23.0. The van der Waals surface area contributed by atoms with Gasteiger partial charge in [-0.1, -0.05) is 31.2 Å². The summed E-state index contributed by atoms with van der Waals surface area (Å²) in [5, 5.41) is 9.10. The standard InChI is InChI=1S/C28H26F2N2O3/c1-3-25-31-22-12-11-21(29)27(30)28(22)32(25)23-6-4-5-18(16(23)2)9-7-17-8-10-20-19(14-26(33)34)15-35-24(20)13-17/h4-6,8,10-13,19H,3,7,9,14-15H2,1-2H3,(H,33,34)/t19-/m1/s1. The molecule has 2 heterocycles. The third kappa shape index (κ3) is 4.16. The molecule has 0 radical (unpaired) electrons. The van der Waals surface area contributed by atoms with E-state index in [2.05, 4.69) is 4.98 Å². The van der Waals surface area contributed by atoms with Crippen LogP contribution in [0.1, 0.15) is 47.3 Å². The minimum absolute atomic E-state index is 0.0610. The monoisotopic (exact) mass is 476 g/mol. The van der Waals surface area contributed by atoms with E-state index in [-0.39, 0.29) is 17.9 Å². The third-order valence-electron chi connectivity index (χ3n) is 6.82. The molecule has 5 nitrogen and oxygen atoms in total. The summed E-state index contributed by atoms with van der Waals surface area (Å²) in [6, 6.07) is 14.5. The van der Waals surface area contributed by atoms with Gasteiger partial charge in [0.2, 0.25) is 0 Å². The highest BCUT2D eigenvalue weighted by atomic mass is 19.2. The van der Waals surface area contributed by atoms with Crippen LogP contribution < -0.4 is 4.74 Å². The first-order valence-electron chi connectivity index (χ1n) is 11.8. The van der Waals surface area contributed by atoms with Crippen molar-refractivity contribution in [3.05, 3.63) is 88.2 Å². The normalized spacial score (nSPS) is 14.8. The van der Waals surface area contributed by atoms with Gasteiger partial charge in [0.05, 0.1) is 24.2 Å². The molecule has 0 saturated carbocycles. The number of halogens is 2. The van der Waals surface area contributed by atoms with Crippen molar-refractivity contribution >= 4 is 17.0 Å². The minimum atomic E-state index is -0.890. The lowest BCUT2D eigenvalue weighted by molar-refractivity contribution is -0.137. The Morgan fingerprint density at radius 3 is 2.77 bits per heavy atom. The maximum absolute atomic E-state index is 14.8. The highest BCUT2D eigenvalue weighted by Crippen LogP contribution is 2.37. The molecule has 0 bridgehead atoms. The van der Waals surface area contributed by atoms with E-state index < -0.39 is 17.6 Å². The Bertz CT molecular complexity index is 1440. The summed E-state index contributed by atoms with van der Waals surface area (Å²) in [7, 11) is 0. The van der Waals surface area contributed by atoms with Gasteiger partial charge in [-0.2, -0.15) is 0 Å². The average Bonchev–Trinajstić information content (AvgIpc) is 3.41. The quantitative estimate of drug-likeness (QED) is 0.360. The van der Waals surface area contributed by atoms with Crippen molar-refractivity contribution in [1.82, 2.24) is 9.55 Å². The summed E-state index contributed by atoms with van der Waals surface area (Å²) in [6.45, 7) is 4.33. The molecule has 1 atom stereocenters. The molecule has 1 aliphatic heterocycles. The van der Waals surface area contributed by atoms with Gasteiger partial charge >= 0.3 is 5.97 Å². The number of carboxylic acids is 1. The fraction of sp³-hybridized carbons (Fsp3) is 0.286. The number of rotatable bonds is 7. The SMILES string of the molecule is CCc1nc2ccc(F)c(F)c2n1-c1cccc(CCc2ccc3c(c2)OC[C@H]3CC(=O)O)c1C. The van der Waals surface area contributed by atoms with E-state index in [4.69, 9.17) is 9.84 Å². The summed E-state index contributed by atoms with van der Waals surface area (Å²) in [5.74, 6) is -1.28. The van der Waals surface area contributed by atoms with E-state index >= 15 is 0 Å². The molecule has 0 spiro atoms. The summed E-state index contributed by atoms with van der Waals surface area (Å²) < 4.78 is 36.4. The Hall–Kier alpha value is -3.74. The van der Waals surface area contributed by atoms with Crippen LogP contribution in [0.4, 0.5) is 8.78 Å². The first-order chi connectivity index (χ1) is 16.9. The van der Waals surface area contributed by atoms with Crippen molar-refractivity contribution in [3.8, 4) is 11.4 Å². The Morgan fingerprint density at radius 2 is 2.00 bits per heavy atom. The highest BCUT2D eigenvalue weighted by Gasteiger charge is 2.26. The fourth-order valence-corrected chi connectivity index (χ4v) is 4.97. The van der Waals surface area contributed by atoms with Gasteiger partial charge < -0.3 is 9.84 Å². The molecule has 3 aromatic carbocycles. The molecule has 180 valence electrons. The molecule has 1 aromatic heterocycles. The van der Waals surface area contributed by atoms with Crippen LogP contribution in [0, 0.1) is 18.6 Å². The van der Waals surface area contributed by atoms with Gasteiger partial charge in [0.25, 0.3) is 0 Å². The lowest BCUT2D eigenvalue weighted by Crippen LogP contribution is -2.07. The van der Waals surface area contributed by atoms with E-state index in [9.17, 15) is 13.6 Å². The van der Waals surface area contributed by atoms with E-state index in [1.807, 2.05) is 50.2 Å². The van der Waals surface area contributed by atoms with Gasteiger partial charge in [-0.15, -0.1) is 0 Å². The van der Waals surface area contributed by atoms with Crippen LogP contribution in [-0.2, 0) is 24.1 Å². The number of carbonyl (C=O) groups is 1. The van der Waals surface area contributed by atoms with Crippen LogP contribution in [0.2, 0.25) is 0 Å². The number of nitrogens with zero attached hydrogens (tertiary/aromatic N) is 2. The maximum Gasteiger partial charge on any atom is 0.304 e. The molecule has 0 aliphatic carbocycles. The predicted octanol–water partition coefficient (Wildman–Crippen LogP) is 5.91. The summed E-state index contributed by atoms with van der Waals surface area (Å²) in [4.78, 5) is 15.6. The topological polar surface area (TPSA) is 64.4 Å². The molecule has 1 N–H and O–H groups in total. The zero-order valence-electron chi connectivity index (χ0n) is 19.6. The summed E-state index contributed by atoms with van der Waals surface area (Å²) in [6.07, 6.45) is 2.16. The van der Waals surface area contributed by atoms with Crippen LogP contribution in [0.5, 0.6) is 5.75 Å². The fourth-order valence-electron chi connectivity index (χ4n) is 4.97. The number of aryl methyl sites for hydroxylation is 3. The summed E-state index contributed by atoms with van der Waals surface area (Å²) >= 11 is 0. The number of hydrogen-bond donors (Lipinski definition) is 1. The first-order valence-corrected chi connectivity index (χ1v) is 11.8. The van der Waals surface area contributed by atoms with E-state index in [0.29, 0.717) is 24.4 Å². The predicted molar refractivity (Wildman–Crippen MR) is 129 cm³/mol. The van der Waals surface area contributed by atoms with Crippen LogP contribution >= 0.6 is 0 Å². The molecule has 4 aromatic rings. The highest BCUT2D eigenvalue weighted by molar-refractivity contribution is 5.79. The number of aromatic nitrogens is 2. The zero-order valence-corrected chi connectivity index (χ0v) is 19.6. The average molecular weight is 477 g/mol. The second-order valence-electron chi connectivity index (χ2n) is 8.99. The molecular formula is C28H26F2N2O3. The van der Waals surface area contributed by atoms with Crippen molar-refractivity contribution in [2.45, 2.75) is 45.4 Å². The lowest BCUT2D eigenvalue weighted by Gasteiger charge is -2.15. The Labute approximate surface area is 202 Å². The van der Waals surface area contributed by atoms with Gasteiger partial charge in [0.15, 0.2) is 11.6 Å². The summed E-state index contributed by atoms with van der Waals surface area (Å²) in [5.41, 5.74) is 5.53. The molecule has 0 amide bonds. The van der Waals surface area contributed by atoms with Crippen molar-refractivity contribution in [1.29, 1.82) is 0 Å². The van der Waals surface area contributed by atoms with Gasteiger partial charge in [0, 0.05) is 17.9 Å². The van der Waals surface area contributed by atoms with Crippen molar-refractivity contribution < 1.29 is 23.4 Å². The second-order valence-corrected chi connectivity index (χ2v) is 8.99. The van der Waals surface area contributed by atoms with Crippen molar-refractivity contribution in [2.75, 3.05) is 6.61 Å². The molecule has 35 heavy (non-hydrogen) atoms. The smallest absolute Gasteiger partial charge is 0.304 e.